The molecule has 0 saturated heterocycles. The van der Waals surface area contributed by atoms with Crippen LogP contribution in [0.25, 0.3) is 0 Å². The van der Waals surface area contributed by atoms with E-state index in [0.717, 1.165) is 5.75 Å². The number of nitrogens with one attached hydrogen (secondary N) is 2. The summed E-state index contributed by atoms with van der Waals surface area (Å²) >= 11 is 0. The molecule has 24 heavy (non-hydrogen) atoms. The second kappa shape index (κ2) is 8.57. The van der Waals surface area contributed by atoms with E-state index in [1.165, 1.54) is 0 Å². The lowest BCUT2D eigenvalue weighted by atomic mass is 10.2. The van der Waals surface area contributed by atoms with E-state index >= 15 is 0 Å². The first kappa shape index (κ1) is 17.3. The van der Waals surface area contributed by atoms with Crippen molar-refractivity contribution in [1.82, 2.24) is 5.32 Å². The van der Waals surface area contributed by atoms with Crippen molar-refractivity contribution in [3.05, 3.63) is 54.1 Å². The minimum atomic E-state index is -0.281. The zero-order valence-electron chi connectivity index (χ0n) is 13.7. The molecule has 0 radical (unpaired) electrons. The van der Waals surface area contributed by atoms with Crippen molar-refractivity contribution in [2.45, 2.75) is 6.92 Å². The third-order valence-electron chi connectivity index (χ3n) is 3.16. The van der Waals surface area contributed by atoms with Crippen LogP contribution < -0.4 is 20.1 Å². The summed E-state index contributed by atoms with van der Waals surface area (Å²) in [6.07, 6.45) is 0. The van der Waals surface area contributed by atoms with Gasteiger partial charge in [-0.15, -0.1) is 0 Å². The molecule has 0 heterocycles. The van der Waals surface area contributed by atoms with Crippen molar-refractivity contribution >= 4 is 17.5 Å². The summed E-state index contributed by atoms with van der Waals surface area (Å²) < 4.78 is 10.8. The van der Waals surface area contributed by atoms with Gasteiger partial charge in [0.1, 0.15) is 11.5 Å². The highest BCUT2D eigenvalue weighted by Gasteiger charge is 2.06. The van der Waals surface area contributed by atoms with Crippen molar-refractivity contribution in [3.8, 4) is 11.5 Å². The normalized spacial score (nSPS) is 9.92. The Balaban J connectivity index is 1.83. The van der Waals surface area contributed by atoms with Gasteiger partial charge in [-0.25, -0.2) is 0 Å². The van der Waals surface area contributed by atoms with Crippen molar-refractivity contribution < 1.29 is 19.1 Å². The summed E-state index contributed by atoms with van der Waals surface area (Å²) in [4.78, 5) is 23.3. The highest BCUT2D eigenvalue weighted by Crippen LogP contribution is 2.17. The number of rotatable bonds is 7. The number of hydrogen-bond donors (Lipinski definition) is 2. The second-order valence-corrected chi connectivity index (χ2v) is 4.90. The number of amides is 2. The Morgan fingerprint density at radius 3 is 2.04 bits per heavy atom. The van der Waals surface area contributed by atoms with Crippen LogP contribution in [0.4, 0.5) is 5.69 Å². The minimum absolute atomic E-state index is 0.106. The Kier molecular flexibility index (Phi) is 6.19. The van der Waals surface area contributed by atoms with E-state index in [1.807, 2.05) is 6.92 Å². The highest BCUT2D eigenvalue weighted by atomic mass is 16.5. The van der Waals surface area contributed by atoms with Crippen molar-refractivity contribution in [2.24, 2.45) is 0 Å². The molecule has 2 aromatic carbocycles. The van der Waals surface area contributed by atoms with Gasteiger partial charge in [0, 0.05) is 18.3 Å². The molecule has 6 nitrogen and oxygen atoms in total. The molecule has 6 heteroatoms. The molecule has 0 saturated carbocycles. The molecule has 2 rings (SSSR count). The quantitative estimate of drug-likeness (QED) is 0.818. The lowest BCUT2D eigenvalue weighted by Gasteiger charge is -2.09. The highest BCUT2D eigenvalue weighted by molar-refractivity contribution is 5.95. The average Bonchev–Trinajstić information content (AvgIpc) is 2.61. The van der Waals surface area contributed by atoms with E-state index in [1.54, 1.807) is 55.6 Å². The zero-order chi connectivity index (χ0) is 17.4. The molecule has 2 amide bonds. The predicted octanol–water partition coefficient (Wildman–Crippen LogP) is 2.46. The maximum absolute atomic E-state index is 11.9. The smallest absolute Gasteiger partial charge is 0.262 e. The fourth-order valence-electron chi connectivity index (χ4n) is 1.99. The summed E-state index contributed by atoms with van der Waals surface area (Å²) in [5.74, 6) is 0.886. The zero-order valence-corrected chi connectivity index (χ0v) is 13.7. The first-order valence-electron chi connectivity index (χ1n) is 7.60. The topological polar surface area (TPSA) is 76.7 Å². The third-order valence-corrected chi connectivity index (χ3v) is 3.16. The molecule has 0 bridgehead atoms. The van der Waals surface area contributed by atoms with Crippen LogP contribution in [0.2, 0.25) is 0 Å². The van der Waals surface area contributed by atoms with E-state index in [0.29, 0.717) is 23.6 Å². The Labute approximate surface area is 140 Å². The van der Waals surface area contributed by atoms with Crippen LogP contribution in [0.5, 0.6) is 11.5 Å². The fraction of sp³-hybridized carbons (Fsp3) is 0.222. The van der Waals surface area contributed by atoms with E-state index in [9.17, 15) is 9.59 Å². The van der Waals surface area contributed by atoms with Crippen LogP contribution in [0.1, 0.15) is 17.3 Å². The molecule has 0 fully saturated rings. The van der Waals surface area contributed by atoms with Crippen LogP contribution in [0, 0.1) is 0 Å². The lowest BCUT2D eigenvalue weighted by molar-refractivity contribution is -0.118. The summed E-state index contributed by atoms with van der Waals surface area (Å²) in [6, 6.07) is 13.7. The molecule has 0 spiro atoms. The number of carbonyl (C=O) groups is 2. The summed E-state index contributed by atoms with van der Waals surface area (Å²) in [7, 11) is 1.57. The van der Waals surface area contributed by atoms with Gasteiger partial charge >= 0.3 is 0 Å². The third kappa shape index (κ3) is 5.01. The van der Waals surface area contributed by atoms with Gasteiger partial charge in [0.25, 0.3) is 11.8 Å². The van der Waals surface area contributed by atoms with Crippen molar-refractivity contribution in [3.63, 3.8) is 0 Å². The van der Waals surface area contributed by atoms with Gasteiger partial charge < -0.3 is 20.1 Å². The molecule has 2 N–H and O–H groups in total. The van der Waals surface area contributed by atoms with E-state index < -0.39 is 0 Å². The second-order valence-electron chi connectivity index (χ2n) is 4.90. The molecule has 0 aliphatic carbocycles. The van der Waals surface area contributed by atoms with Gasteiger partial charge in [0.2, 0.25) is 0 Å². The molecule has 2 aromatic rings. The monoisotopic (exact) mass is 328 g/mol. The van der Waals surface area contributed by atoms with E-state index in [2.05, 4.69) is 10.6 Å². The largest absolute Gasteiger partial charge is 0.494 e. The Bertz CT molecular complexity index is 681. The molecule has 0 aliphatic rings. The maximum Gasteiger partial charge on any atom is 0.262 e. The molecular weight excluding hydrogens is 308 g/mol. The summed E-state index contributed by atoms with van der Waals surface area (Å²) in [5.41, 5.74) is 1.13. The lowest BCUT2D eigenvalue weighted by Crippen LogP contribution is -2.20. The number of ether oxygens (including phenoxy) is 2. The maximum atomic E-state index is 11.9. The Hall–Kier alpha value is -3.02. The first-order chi connectivity index (χ1) is 11.6. The fourth-order valence-corrected chi connectivity index (χ4v) is 1.99. The molecular formula is C18H20N2O4. The summed E-state index contributed by atoms with van der Waals surface area (Å²) in [6.45, 7) is 2.41. The molecule has 0 atom stereocenters. The van der Waals surface area contributed by atoms with E-state index in [4.69, 9.17) is 9.47 Å². The average molecular weight is 328 g/mol. The predicted molar refractivity (Wildman–Crippen MR) is 91.6 cm³/mol. The van der Waals surface area contributed by atoms with Gasteiger partial charge in [-0.1, -0.05) is 0 Å². The Morgan fingerprint density at radius 2 is 1.50 bits per heavy atom. The number of benzene rings is 2. The van der Waals surface area contributed by atoms with Gasteiger partial charge in [-0.3, -0.25) is 9.59 Å². The van der Waals surface area contributed by atoms with Crippen LogP contribution >= 0.6 is 0 Å². The molecule has 126 valence electrons. The standard InChI is InChI=1S/C18H20N2O4/c1-3-23-15-8-10-16(11-9-15)24-12-17(21)20-14-6-4-13(5-7-14)18(22)19-2/h4-11H,3,12H2,1-2H3,(H,19,22)(H,20,21). The van der Waals surface area contributed by atoms with Crippen molar-refractivity contribution in [2.75, 3.05) is 25.6 Å². The van der Waals surface area contributed by atoms with Crippen LogP contribution in [-0.4, -0.2) is 32.1 Å². The first-order valence-corrected chi connectivity index (χ1v) is 7.60. The van der Waals surface area contributed by atoms with Crippen LogP contribution in [-0.2, 0) is 4.79 Å². The number of anilines is 1. The molecule has 0 aliphatic heterocycles. The molecule has 0 unspecified atom stereocenters. The van der Waals surface area contributed by atoms with Gasteiger partial charge in [-0.2, -0.15) is 0 Å². The summed E-state index contributed by atoms with van der Waals surface area (Å²) in [5, 5.41) is 5.24. The molecule has 0 aromatic heterocycles. The van der Waals surface area contributed by atoms with Crippen LogP contribution in [0.3, 0.4) is 0 Å². The SMILES string of the molecule is CCOc1ccc(OCC(=O)Nc2ccc(C(=O)NC)cc2)cc1. The van der Waals surface area contributed by atoms with E-state index in [-0.39, 0.29) is 18.4 Å². The van der Waals surface area contributed by atoms with Crippen LogP contribution in [0.15, 0.2) is 48.5 Å². The van der Waals surface area contributed by atoms with Crippen molar-refractivity contribution in [1.29, 1.82) is 0 Å². The number of carbonyl (C=O) groups excluding carboxylic acids is 2. The van der Waals surface area contributed by atoms with Gasteiger partial charge in [0.05, 0.1) is 6.61 Å². The minimum Gasteiger partial charge on any atom is -0.494 e. The van der Waals surface area contributed by atoms with Gasteiger partial charge in [-0.05, 0) is 55.5 Å². The van der Waals surface area contributed by atoms with Gasteiger partial charge in [0.15, 0.2) is 6.61 Å². The number of hydrogen-bond acceptors (Lipinski definition) is 4. The Morgan fingerprint density at radius 1 is 0.917 bits per heavy atom.